The van der Waals surface area contributed by atoms with Crippen molar-refractivity contribution in [3.8, 4) is 0 Å². The number of benzene rings is 1. The molecule has 1 aliphatic rings. The van der Waals surface area contributed by atoms with Crippen molar-refractivity contribution < 1.29 is 23.9 Å². The molecule has 1 aromatic heterocycles. The van der Waals surface area contributed by atoms with Gasteiger partial charge in [0.1, 0.15) is 5.76 Å². The van der Waals surface area contributed by atoms with Gasteiger partial charge in [-0.25, -0.2) is 4.79 Å². The first-order chi connectivity index (χ1) is 10.1. The molecule has 0 radical (unpaired) electrons. The smallest absolute Gasteiger partial charge is 0.335 e. The summed E-state index contributed by atoms with van der Waals surface area (Å²) in [5.41, 5.74) is 0.367. The van der Waals surface area contributed by atoms with Gasteiger partial charge in [-0.15, -0.1) is 0 Å². The van der Waals surface area contributed by atoms with Crippen LogP contribution in [0.5, 0.6) is 0 Å². The molecule has 3 rings (SSSR count). The zero-order valence-electron chi connectivity index (χ0n) is 10.9. The molecule has 0 unspecified atom stereocenters. The Bertz CT molecular complexity index is 733. The maximum Gasteiger partial charge on any atom is 0.335 e. The summed E-state index contributed by atoms with van der Waals surface area (Å²) in [6.07, 6.45) is 1.95. The van der Waals surface area contributed by atoms with Crippen LogP contribution >= 0.6 is 0 Å². The molecule has 2 aromatic rings. The van der Waals surface area contributed by atoms with E-state index in [1.54, 1.807) is 12.1 Å². The lowest BCUT2D eigenvalue weighted by Gasteiger charge is -2.12. The molecule has 6 nitrogen and oxygen atoms in total. The zero-order chi connectivity index (χ0) is 15.0. The van der Waals surface area contributed by atoms with Crippen LogP contribution < -0.4 is 0 Å². The van der Waals surface area contributed by atoms with E-state index >= 15 is 0 Å². The molecule has 6 heteroatoms. The average Bonchev–Trinajstić information content (AvgIpc) is 3.06. The predicted molar refractivity (Wildman–Crippen MR) is 71.2 cm³/mol. The normalized spacial score (nSPS) is 13.6. The second kappa shape index (κ2) is 4.90. The van der Waals surface area contributed by atoms with Gasteiger partial charge in [-0.2, -0.15) is 0 Å². The Morgan fingerprint density at radius 2 is 1.90 bits per heavy atom. The van der Waals surface area contributed by atoms with Gasteiger partial charge in [-0.1, -0.05) is 0 Å². The summed E-state index contributed by atoms with van der Waals surface area (Å²) in [6, 6.07) is 7.44. The Kier molecular flexibility index (Phi) is 3.06. The molecular formula is C15H11NO5. The van der Waals surface area contributed by atoms with E-state index in [2.05, 4.69) is 0 Å². The molecule has 0 bridgehead atoms. The van der Waals surface area contributed by atoms with E-state index in [0.717, 1.165) is 4.90 Å². The number of carboxylic acid groups (broad SMARTS) is 1. The van der Waals surface area contributed by atoms with Crippen LogP contribution in [0, 0.1) is 0 Å². The summed E-state index contributed by atoms with van der Waals surface area (Å²) in [4.78, 5) is 36.4. The van der Waals surface area contributed by atoms with E-state index in [4.69, 9.17) is 9.52 Å². The third-order valence-electron chi connectivity index (χ3n) is 3.38. The van der Waals surface area contributed by atoms with Gasteiger partial charge in [0, 0.05) is 13.0 Å². The van der Waals surface area contributed by atoms with Gasteiger partial charge in [-0.3, -0.25) is 14.5 Å². The van der Waals surface area contributed by atoms with E-state index in [-0.39, 0.29) is 23.2 Å². The van der Waals surface area contributed by atoms with Crippen LogP contribution in [0.25, 0.3) is 0 Å². The maximum absolute atomic E-state index is 12.2. The number of nitrogens with zero attached hydrogens (tertiary/aromatic N) is 1. The Morgan fingerprint density at radius 1 is 1.14 bits per heavy atom. The first-order valence-corrected chi connectivity index (χ1v) is 6.34. The first kappa shape index (κ1) is 13.1. The molecule has 0 atom stereocenters. The number of furan rings is 1. The number of carbonyl (C=O) groups excluding carboxylic acids is 2. The second-order valence-electron chi connectivity index (χ2n) is 4.66. The van der Waals surface area contributed by atoms with Gasteiger partial charge >= 0.3 is 5.97 Å². The Hall–Kier alpha value is -2.89. The number of hydrogen-bond acceptors (Lipinski definition) is 4. The third-order valence-corrected chi connectivity index (χ3v) is 3.38. The van der Waals surface area contributed by atoms with Crippen molar-refractivity contribution in [2.45, 2.75) is 6.42 Å². The van der Waals surface area contributed by atoms with Crippen LogP contribution in [0.2, 0.25) is 0 Å². The number of hydrogen-bond donors (Lipinski definition) is 1. The number of carbonyl (C=O) groups is 3. The van der Waals surface area contributed by atoms with Crippen LogP contribution in [-0.4, -0.2) is 34.3 Å². The van der Waals surface area contributed by atoms with Crippen LogP contribution in [0.1, 0.15) is 36.8 Å². The summed E-state index contributed by atoms with van der Waals surface area (Å²) >= 11 is 0. The molecule has 0 saturated carbocycles. The largest absolute Gasteiger partial charge is 0.478 e. The molecule has 2 heterocycles. The molecule has 0 aliphatic carbocycles. The minimum Gasteiger partial charge on any atom is -0.478 e. The highest BCUT2D eigenvalue weighted by Gasteiger charge is 2.35. The number of amides is 2. The van der Waals surface area contributed by atoms with Gasteiger partial charge in [0.2, 0.25) is 0 Å². The third kappa shape index (κ3) is 2.20. The van der Waals surface area contributed by atoms with Crippen molar-refractivity contribution in [3.05, 3.63) is 59.0 Å². The summed E-state index contributed by atoms with van der Waals surface area (Å²) in [5.74, 6) is -1.33. The molecular weight excluding hydrogens is 274 g/mol. The number of fused-ring (bicyclic) bond motifs is 1. The highest BCUT2D eigenvalue weighted by Crippen LogP contribution is 2.24. The number of aromatic carboxylic acids is 1. The van der Waals surface area contributed by atoms with Gasteiger partial charge in [0.15, 0.2) is 0 Å². The second-order valence-corrected chi connectivity index (χ2v) is 4.66. The molecule has 1 N–H and O–H groups in total. The molecule has 1 aliphatic heterocycles. The minimum absolute atomic E-state index is 0.0113. The van der Waals surface area contributed by atoms with Crippen molar-refractivity contribution in [3.63, 3.8) is 0 Å². The minimum atomic E-state index is -1.13. The molecule has 21 heavy (non-hydrogen) atoms. The summed E-state index contributed by atoms with van der Waals surface area (Å²) in [6.45, 7) is 0.197. The van der Waals surface area contributed by atoms with E-state index in [1.165, 1.54) is 24.5 Å². The maximum atomic E-state index is 12.2. The highest BCUT2D eigenvalue weighted by molar-refractivity contribution is 6.21. The molecule has 2 amide bonds. The molecule has 1 aromatic carbocycles. The first-order valence-electron chi connectivity index (χ1n) is 6.34. The fourth-order valence-electron chi connectivity index (χ4n) is 2.30. The quantitative estimate of drug-likeness (QED) is 0.866. The zero-order valence-corrected chi connectivity index (χ0v) is 10.9. The van der Waals surface area contributed by atoms with Gasteiger partial charge in [0.05, 0.1) is 23.0 Å². The predicted octanol–water partition coefficient (Wildman–Crippen LogP) is 1.82. The topological polar surface area (TPSA) is 87.8 Å². The monoisotopic (exact) mass is 285 g/mol. The van der Waals surface area contributed by atoms with Gasteiger partial charge < -0.3 is 9.52 Å². The van der Waals surface area contributed by atoms with Crippen molar-refractivity contribution in [1.82, 2.24) is 4.90 Å². The summed E-state index contributed by atoms with van der Waals surface area (Å²) < 4.78 is 5.16. The fourth-order valence-corrected chi connectivity index (χ4v) is 2.30. The van der Waals surface area contributed by atoms with E-state index in [9.17, 15) is 14.4 Å². The molecule has 0 spiro atoms. The van der Waals surface area contributed by atoms with E-state index in [0.29, 0.717) is 12.2 Å². The van der Waals surface area contributed by atoms with Crippen molar-refractivity contribution in [2.24, 2.45) is 0 Å². The molecule has 0 saturated heterocycles. The van der Waals surface area contributed by atoms with Gasteiger partial charge in [-0.05, 0) is 30.3 Å². The van der Waals surface area contributed by atoms with Crippen LogP contribution in [0.15, 0.2) is 41.0 Å². The standard InChI is InChI=1S/C15H11NO5/c17-13-11-4-3-9(15(19)20)8-12(11)14(18)16(13)6-5-10-2-1-7-21-10/h1-4,7-8H,5-6H2,(H,19,20). The van der Waals surface area contributed by atoms with Crippen LogP contribution in [-0.2, 0) is 6.42 Å². The van der Waals surface area contributed by atoms with Crippen LogP contribution in [0.4, 0.5) is 0 Å². The van der Waals surface area contributed by atoms with Crippen molar-refractivity contribution in [1.29, 1.82) is 0 Å². The van der Waals surface area contributed by atoms with E-state index in [1.807, 2.05) is 0 Å². The van der Waals surface area contributed by atoms with Crippen LogP contribution in [0.3, 0.4) is 0 Å². The SMILES string of the molecule is O=C(O)c1ccc2c(c1)C(=O)N(CCc1ccco1)C2=O. The lowest BCUT2D eigenvalue weighted by molar-refractivity contribution is 0.0652. The van der Waals surface area contributed by atoms with Crippen molar-refractivity contribution >= 4 is 17.8 Å². The average molecular weight is 285 g/mol. The van der Waals surface area contributed by atoms with E-state index < -0.39 is 17.8 Å². The lowest BCUT2D eigenvalue weighted by Crippen LogP contribution is -2.31. The number of carboxylic acids is 1. The molecule has 106 valence electrons. The number of imide groups is 1. The van der Waals surface area contributed by atoms with Gasteiger partial charge in [0.25, 0.3) is 11.8 Å². The lowest BCUT2D eigenvalue weighted by atomic mass is 10.1. The van der Waals surface area contributed by atoms with Crippen molar-refractivity contribution in [2.75, 3.05) is 6.54 Å². The fraction of sp³-hybridized carbons (Fsp3) is 0.133. The Labute approximate surface area is 119 Å². The summed E-state index contributed by atoms with van der Waals surface area (Å²) in [7, 11) is 0. The Balaban J connectivity index is 1.84. The Morgan fingerprint density at radius 3 is 2.57 bits per heavy atom. The molecule has 0 fully saturated rings. The summed E-state index contributed by atoms with van der Waals surface area (Å²) in [5, 5.41) is 8.94. The number of rotatable bonds is 4. The highest BCUT2D eigenvalue weighted by atomic mass is 16.4.